The highest BCUT2D eigenvalue weighted by atomic mass is 16.4. The van der Waals surface area contributed by atoms with Crippen LogP contribution in [0.5, 0.6) is 0 Å². The van der Waals surface area contributed by atoms with Crippen molar-refractivity contribution in [2.75, 3.05) is 0 Å². The van der Waals surface area contributed by atoms with E-state index in [2.05, 4.69) is 28.7 Å². The number of aromatic nitrogens is 2. The molecular formula is C11H17N3O2. The Morgan fingerprint density at radius 1 is 1.69 bits per heavy atom. The van der Waals surface area contributed by atoms with Crippen LogP contribution in [0.15, 0.2) is 6.33 Å². The molecule has 88 valence electrons. The van der Waals surface area contributed by atoms with Gasteiger partial charge in [-0.15, -0.1) is 0 Å². The summed E-state index contributed by atoms with van der Waals surface area (Å²) >= 11 is 0. The number of hydrogen-bond acceptors (Lipinski definition) is 3. The molecule has 0 amide bonds. The molecule has 0 saturated heterocycles. The molecule has 16 heavy (non-hydrogen) atoms. The van der Waals surface area contributed by atoms with Crippen LogP contribution in [0.4, 0.5) is 0 Å². The molecule has 5 heteroatoms. The van der Waals surface area contributed by atoms with Crippen LogP contribution in [-0.2, 0) is 17.8 Å². The molecule has 0 aromatic carbocycles. The second-order valence-corrected chi connectivity index (χ2v) is 4.08. The first-order valence-electron chi connectivity index (χ1n) is 5.70. The monoisotopic (exact) mass is 223 g/mol. The van der Waals surface area contributed by atoms with Crippen molar-refractivity contribution in [1.82, 2.24) is 14.9 Å². The standard InChI is InChI=1S/C11H17N3O2/c1-3-7-10-8(12-6-14(10)4-2)5-9(13-7)11(15)16/h6-7,9,13H,3-5H2,1-2H3,(H,15,16)/t7?,9-/m1/s1. The van der Waals surface area contributed by atoms with E-state index in [1.54, 1.807) is 6.33 Å². The Balaban J connectivity index is 2.35. The lowest BCUT2D eigenvalue weighted by atomic mass is 9.97. The van der Waals surface area contributed by atoms with Gasteiger partial charge in [0.15, 0.2) is 0 Å². The third kappa shape index (κ3) is 1.71. The van der Waals surface area contributed by atoms with E-state index < -0.39 is 12.0 Å². The lowest BCUT2D eigenvalue weighted by Crippen LogP contribution is -2.45. The largest absolute Gasteiger partial charge is 0.480 e. The van der Waals surface area contributed by atoms with E-state index in [1.165, 1.54) is 0 Å². The number of carbonyl (C=O) groups is 1. The van der Waals surface area contributed by atoms with Crippen molar-refractivity contribution in [3.8, 4) is 0 Å². The zero-order valence-corrected chi connectivity index (χ0v) is 9.60. The average molecular weight is 223 g/mol. The second-order valence-electron chi connectivity index (χ2n) is 4.08. The molecule has 0 fully saturated rings. The van der Waals surface area contributed by atoms with Gasteiger partial charge in [0.2, 0.25) is 0 Å². The van der Waals surface area contributed by atoms with Gasteiger partial charge in [0, 0.05) is 19.0 Å². The second kappa shape index (κ2) is 4.25. The molecule has 0 saturated carbocycles. The molecule has 0 aliphatic carbocycles. The van der Waals surface area contributed by atoms with Crippen molar-refractivity contribution in [2.45, 2.75) is 45.3 Å². The van der Waals surface area contributed by atoms with E-state index >= 15 is 0 Å². The molecule has 1 aromatic rings. The third-order valence-corrected chi connectivity index (χ3v) is 3.13. The maximum atomic E-state index is 11.0. The first kappa shape index (κ1) is 11.1. The number of fused-ring (bicyclic) bond motifs is 1. The van der Waals surface area contributed by atoms with Crippen molar-refractivity contribution >= 4 is 5.97 Å². The van der Waals surface area contributed by atoms with Gasteiger partial charge in [0.1, 0.15) is 6.04 Å². The van der Waals surface area contributed by atoms with Crippen LogP contribution in [0.2, 0.25) is 0 Å². The van der Waals surface area contributed by atoms with E-state index in [1.807, 2.05) is 0 Å². The summed E-state index contributed by atoms with van der Waals surface area (Å²) in [5, 5.41) is 12.2. The van der Waals surface area contributed by atoms with Gasteiger partial charge in [-0.2, -0.15) is 0 Å². The third-order valence-electron chi connectivity index (χ3n) is 3.13. The maximum absolute atomic E-state index is 11.0. The van der Waals surface area contributed by atoms with Crippen LogP contribution in [-0.4, -0.2) is 26.7 Å². The summed E-state index contributed by atoms with van der Waals surface area (Å²) in [6.07, 6.45) is 3.16. The smallest absolute Gasteiger partial charge is 0.321 e. The van der Waals surface area contributed by atoms with E-state index in [-0.39, 0.29) is 6.04 Å². The highest BCUT2D eigenvalue weighted by molar-refractivity contribution is 5.74. The Hall–Kier alpha value is -1.36. The quantitative estimate of drug-likeness (QED) is 0.800. The lowest BCUT2D eigenvalue weighted by molar-refractivity contribution is -0.139. The summed E-state index contributed by atoms with van der Waals surface area (Å²) in [6, 6.07) is -0.398. The maximum Gasteiger partial charge on any atom is 0.321 e. The number of nitrogens with zero attached hydrogens (tertiary/aromatic N) is 2. The van der Waals surface area contributed by atoms with Gasteiger partial charge in [-0.3, -0.25) is 10.1 Å². The fourth-order valence-corrected chi connectivity index (χ4v) is 2.29. The molecular weight excluding hydrogens is 206 g/mol. The van der Waals surface area contributed by atoms with Crippen LogP contribution >= 0.6 is 0 Å². The predicted molar refractivity (Wildman–Crippen MR) is 59.2 cm³/mol. The number of hydrogen-bond donors (Lipinski definition) is 2. The summed E-state index contributed by atoms with van der Waals surface area (Å²) in [4.78, 5) is 15.3. The Morgan fingerprint density at radius 2 is 2.44 bits per heavy atom. The predicted octanol–water partition coefficient (Wildman–Crippen LogP) is 0.953. The number of imidazole rings is 1. The summed E-state index contributed by atoms with van der Waals surface area (Å²) in [7, 11) is 0. The molecule has 1 unspecified atom stereocenters. The van der Waals surface area contributed by atoms with Crippen LogP contribution in [0.25, 0.3) is 0 Å². The zero-order chi connectivity index (χ0) is 11.7. The fourth-order valence-electron chi connectivity index (χ4n) is 2.29. The molecule has 1 aliphatic rings. The van der Waals surface area contributed by atoms with Gasteiger partial charge in [-0.1, -0.05) is 6.92 Å². The van der Waals surface area contributed by atoms with Crippen molar-refractivity contribution in [1.29, 1.82) is 0 Å². The Morgan fingerprint density at radius 3 is 3.00 bits per heavy atom. The van der Waals surface area contributed by atoms with E-state index in [4.69, 9.17) is 5.11 Å². The molecule has 0 bridgehead atoms. The summed E-state index contributed by atoms with van der Waals surface area (Å²) in [5.74, 6) is -0.796. The van der Waals surface area contributed by atoms with Crippen molar-refractivity contribution in [3.63, 3.8) is 0 Å². The minimum atomic E-state index is -0.796. The molecule has 0 spiro atoms. The molecule has 2 atom stereocenters. The van der Waals surface area contributed by atoms with E-state index in [0.29, 0.717) is 6.42 Å². The Bertz CT molecular complexity index is 400. The van der Waals surface area contributed by atoms with Crippen molar-refractivity contribution in [2.24, 2.45) is 0 Å². The summed E-state index contributed by atoms with van der Waals surface area (Å²) < 4.78 is 2.09. The Kier molecular flexibility index (Phi) is 2.96. The molecule has 5 nitrogen and oxygen atoms in total. The molecule has 1 aromatic heterocycles. The van der Waals surface area contributed by atoms with Crippen LogP contribution in [0.3, 0.4) is 0 Å². The van der Waals surface area contributed by atoms with Gasteiger partial charge in [0.25, 0.3) is 0 Å². The van der Waals surface area contributed by atoms with Crippen LogP contribution in [0, 0.1) is 0 Å². The minimum Gasteiger partial charge on any atom is -0.480 e. The highest BCUT2D eigenvalue weighted by Gasteiger charge is 2.32. The van der Waals surface area contributed by atoms with Crippen molar-refractivity contribution in [3.05, 3.63) is 17.7 Å². The number of aryl methyl sites for hydroxylation is 1. The normalized spacial score (nSPS) is 24.1. The van der Waals surface area contributed by atoms with E-state index in [9.17, 15) is 4.79 Å². The number of carboxylic acid groups (broad SMARTS) is 1. The van der Waals surface area contributed by atoms with Gasteiger partial charge >= 0.3 is 5.97 Å². The number of carboxylic acids is 1. The van der Waals surface area contributed by atoms with E-state index in [0.717, 1.165) is 24.4 Å². The van der Waals surface area contributed by atoms with Crippen molar-refractivity contribution < 1.29 is 9.90 Å². The lowest BCUT2D eigenvalue weighted by Gasteiger charge is -2.28. The molecule has 2 N–H and O–H groups in total. The van der Waals surface area contributed by atoms with Gasteiger partial charge in [-0.05, 0) is 13.3 Å². The molecule has 2 rings (SSSR count). The van der Waals surface area contributed by atoms with Gasteiger partial charge in [-0.25, -0.2) is 4.98 Å². The first-order valence-corrected chi connectivity index (χ1v) is 5.70. The van der Waals surface area contributed by atoms with Gasteiger partial charge < -0.3 is 9.67 Å². The average Bonchev–Trinajstić information content (AvgIpc) is 2.70. The number of nitrogens with one attached hydrogen (secondary N) is 1. The topological polar surface area (TPSA) is 67.2 Å². The van der Waals surface area contributed by atoms with Gasteiger partial charge in [0.05, 0.1) is 17.7 Å². The minimum absolute atomic E-state index is 0.104. The SMILES string of the molecule is CCC1N[C@@H](C(=O)O)Cc2ncn(CC)c21. The zero-order valence-electron chi connectivity index (χ0n) is 9.60. The summed E-state index contributed by atoms with van der Waals surface area (Å²) in [5.41, 5.74) is 2.09. The molecule has 0 radical (unpaired) electrons. The number of aliphatic carboxylic acids is 1. The molecule has 2 heterocycles. The fraction of sp³-hybridized carbons (Fsp3) is 0.636. The van der Waals surface area contributed by atoms with Crippen LogP contribution in [0.1, 0.15) is 37.7 Å². The highest BCUT2D eigenvalue weighted by Crippen LogP contribution is 2.26. The Labute approximate surface area is 94.5 Å². The first-order chi connectivity index (χ1) is 7.67. The molecule has 1 aliphatic heterocycles. The number of rotatable bonds is 3. The van der Waals surface area contributed by atoms with Crippen LogP contribution < -0.4 is 5.32 Å². The summed E-state index contributed by atoms with van der Waals surface area (Å²) in [6.45, 7) is 4.99.